The van der Waals surface area contributed by atoms with E-state index in [4.69, 9.17) is 5.73 Å². The highest BCUT2D eigenvalue weighted by atomic mass is 15.4. The Morgan fingerprint density at radius 2 is 2.00 bits per heavy atom. The molecule has 1 unspecified atom stereocenters. The second-order valence-electron chi connectivity index (χ2n) is 6.29. The largest absolute Gasteiger partial charge is 0.370 e. The molecule has 0 bridgehead atoms. The van der Waals surface area contributed by atoms with Gasteiger partial charge in [0.2, 0.25) is 0 Å². The average molecular weight is 251 g/mol. The lowest BCUT2D eigenvalue weighted by Gasteiger charge is -2.40. The Bertz CT molecular complexity index is 294. The van der Waals surface area contributed by atoms with Gasteiger partial charge in [-0.3, -0.25) is 4.99 Å². The van der Waals surface area contributed by atoms with Crippen LogP contribution >= 0.6 is 0 Å². The van der Waals surface area contributed by atoms with Crippen LogP contribution in [0.5, 0.6) is 0 Å². The van der Waals surface area contributed by atoms with Crippen LogP contribution < -0.4 is 5.73 Å². The van der Waals surface area contributed by atoms with Crippen molar-refractivity contribution < 1.29 is 0 Å². The van der Waals surface area contributed by atoms with Gasteiger partial charge in [-0.25, -0.2) is 0 Å². The maximum absolute atomic E-state index is 6.14. The monoisotopic (exact) mass is 251 g/mol. The van der Waals surface area contributed by atoms with Crippen LogP contribution in [-0.4, -0.2) is 29.0 Å². The maximum Gasteiger partial charge on any atom is 0.192 e. The average Bonchev–Trinajstić information content (AvgIpc) is 2.94. The first-order chi connectivity index (χ1) is 8.67. The van der Waals surface area contributed by atoms with Gasteiger partial charge in [0.25, 0.3) is 0 Å². The van der Waals surface area contributed by atoms with Crippen molar-refractivity contribution in [1.82, 2.24) is 4.90 Å². The molecule has 3 nitrogen and oxygen atoms in total. The molecule has 1 aliphatic heterocycles. The van der Waals surface area contributed by atoms with Crippen LogP contribution in [0.15, 0.2) is 4.99 Å². The zero-order valence-electron chi connectivity index (χ0n) is 12.1. The van der Waals surface area contributed by atoms with Gasteiger partial charge in [-0.05, 0) is 26.2 Å². The Kier molecular flexibility index (Phi) is 4.52. The lowest BCUT2D eigenvalue weighted by molar-refractivity contribution is 0.152. The number of hydrogen-bond acceptors (Lipinski definition) is 3. The molecule has 1 fully saturated rings. The predicted molar refractivity (Wildman–Crippen MR) is 77.7 cm³/mol. The minimum Gasteiger partial charge on any atom is -0.370 e. The van der Waals surface area contributed by atoms with Crippen molar-refractivity contribution in [3.63, 3.8) is 0 Å². The topological polar surface area (TPSA) is 41.6 Å². The van der Waals surface area contributed by atoms with Crippen molar-refractivity contribution in [2.24, 2.45) is 10.7 Å². The third-order valence-corrected chi connectivity index (χ3v) is 4.67. The first-order valence-corrected chi connectivity index (χ1v) is 7.76. The van der Waals surface area contributed by atoms with Gasteiger partial charge in [-0.1, -0.05) is 45.4 Å². The van der Waals surface area contributed by atoms with Gasteiger partial charge in [0, 0.05) is 6.04 Å². The van der Waals surface area contributed by atoms with Crippen molar-refractivity contribution in [1.29, 1.82) is 0 Å². The molecule has 0 radical (unpaired) electrons. The van der Waals surface area contributed by atoms with Crippen molar-refractivity contribution in [3.05, 3.63) is 0 Å². The fourth-order valence-corrected chi connectivity index (χ4v) is 3.60. The van der Waals surface area contributed by atoms with Crippen LogP contribution in [0, 0.1) is 0 Å². The summed E-state index contributed by atoms with van der Waals surface area (Å²) in [6.45, 7) is 5.53. The summed E-state index contributed by atoms with van der Waals surface area (Å²) >= 11 is 0. The number of rotatable bonds is 6. The van der Waals surface area contributed by atoms with E-state index in [2.05, 4.69) is 23.7 Å². The molecule has 1 atom stereocenters. The van der Waals surface area contributed by atoms with Crippen molar-refractivity contribution >= 4 is 5.96 Å². The molecule has 0 aromatic rings. The SMILES string of the molecule is CCCCCCC1(C)CN=C(N)N1C1CCCC1. The molecule has 0 amide bonds. The van der Waals surface area contributed by atoms with Gasteiger partial charge in [0.15, 0.2) is 5.96 Å². The summed E-state index contributed by atoms with van der Waals surface area (Å²) in [6.07, 6.45) is 11.9. The normalized spacial score (nSPS) is 29.0. The molecular weight excluding hydrogens is 222 g/mol. The molecular formula is C15H29N3. The Labute approximate surface area is 112 Å². The lowest BCUT2D eigenvalue weighted by Crippen LogP contribution is -2.53. The highest BCUT2D eigenvalue weighted by Crippen LogP contribution is 2.35. The molecule has 3 heteroatoms. The highest BCUT2D eigenvalue weighted by molar-refractivity contribution is 5.81. The molecule has 0 spiro atoms. The zero-order valence-corrected chi connectivity index (χ0v) is 12.1. The molecule has 104 valence electrons. The van der Waals surface area contributed by atoms with Crippen molar-refractivity contribution in [3.8, 4) is 0 Å². The molecule has 0 aromatic heterocycles. The molecule has 0 saturated heterocycles. The number of nitrogens with zero attached hydrogens (tertiary/aromatic N) is 2. The maximum atomic E-state index is 6.14. The van der Waals surface area contributed by atoms with Crippen molar-refractivity contribution in [2.75, 3.05) is 6.54 Å². The fraction of sp³-hybridized carbons (Fsp3) is 0.933. The first kappa shape index (κ1) is 13.7. The summed E-state index contributed by atoms with van der Waals surface area (Å²) in [7, 11) is 0. The van der Waals surface area contributed by atoms with Crippen LogP contribution in [0.3, 0.4) is 0 Å². The molecule has 2 aliphatic rings. The molecule has 1 aliphatic carbocycles. The van der Waals surface area contributed by atoms with Gasteiger partial charge < -0.3 is 10.6 Å². The van der Waals surface area contributed by atoms with Gasteiger partial charge in [0.05, 0.1) is 12.1 Å². The van der Waals surface area contributed by atoms with E-state index in [1.165, 1.54) is 57.8 Å². The van der Waals surface area contributed by atoms with Crippen LogP contribution in [0.1, 0.15) is 71.6 Å². The first-order valence-electron chi connectivity index (χ1n) is 7.76. The Morgan fingerprint density at radius 3 is 2.67 bits per heavy atom. The van der Waals surface area contributed by atoms with E-state index in [0.717, 1.165) is 12.5 Å². The van der Waals surface area contributed by atoms with E-state index in [-0.39, 0.29) is 5.54 Å². The summed E-state index contributed by atoms with van der Waals surface area (Å²) in [6, 6.07) is 0.660. The lowest BCUT2D eigenvalue weighted by atomic mass is 9.91. The van der Waals surface area contributed by atoms with Crippen LogP contribution in [0.25, 0.3) is 0 Å². The summed E-state index contributed by atoms with van der Waals surface area (Å²) < 4.78 is 0. The minimum absolute atomic E-state index is 0.201. The number of hydrogen-bond donors (Lipinski definition) is 1. The van der Waals surface area contributed by atoms with Gasteiger partial charge in [-0.2, -0.15) is 0 Å². The molecule has 1 heterocycles. The van der Waals surface area contributed by atoms with Crippen LogP contribution in [-0.2, 0) is 0 Å². The Balaban J connectivity index is 1.93. The second kappa shape index (κ2) is 5.94. The molecule has 1 saturated carbocycles. The van der Waals surface area contributed by atoms with E-state index >= 15 is 0 Å². The summed E-state index contributed by atoms with van der Waals surface area (Å²) in [4.78, 5) is 7.00. The van der Waals surface area contributed by atoms with E-state index in [1.807, 2.05) is 0 Å². The van der Waals surface area contributed by atoms with E-state index in [0.29, 0.717) is 6.04 Å². The third kappa shape index (κ3) is 2.81. The van der Waals surface area contributed by atoms with Gasteiger partial charge >= 0.3 is 0 Å². The molecule has 0 aromatic carbocycles. The summed E-state index contributed by atoms with van der Waals surface area (Å²) in [5.41, 5.74) is 6.34. The van der Waals surface area contributed by atoms with E-state index in [1.54, 1.807) is 0 Å². The summed E-state index contributed by atoms with van der Waals surface area (Å²) in [5.74, 6) is 0.805. The van der Waals surface area contributed by atoms with Crippen molar-refractivity contribution in [2.45, 2.75) is 83.2 Å². The predicted octanol–water partition coefficient (Wildman–Crippen LogP) is 3.29. The number of guanidine groups is 1. The van der Waals surface area contributed by atoms with E-state index in [9.17, 15) is 0 Å². The number of aliphatic imine (C=N–C) groups is 1. The molecule has 18 heavy (non-hydrogen) atoms. The fourth-order valence-electron chi connectivity index (χ4n) is 3.60. The Morgan fingerprint density at radius 1 is 1.28 bits per heavy atom. The summed E-state index contributed by atoms with van der Waals surface area (Å²) in [5, 5.41) is 0. The van der Waals surface area contributed by atoms with E-state index < -0.39 is 0 Å². The molecule has 2 N–H and O–H groups in total. The van der Waals surface area contributed by atoms with Crippen LogP contribution in [0.2, 0.25) is 0 Å². The zero-order chi connectivity index (χ0) is 13.0. The van der Waals surface area contributed by atoms with Crippen LogP contribution in [0.4, 0.5) is 0 Å². The molecule has 2 rings (SSSR count). The quantitative estimate of drug-likeness (QED) is 0.736. The standard InChI is InChI=1S/C15H29N3/c1-3-4-5-8-11-15(2)12-17-14(16)18(15)13-9-6-7-10-13/h13H,3-12H2,1-2H3,(H2,16,17). The Hall–Kier alpha value is -0.730. The van der Waals surface area contributed by atoms with Gasteiger partial charge in [-0.15, -0.1) is 0 Å². The smallest absolute Gasteiger partial charge is 0.192 e. The highest BCUT2D eigenvalue weighted by Gasteiger charge is 2.41. The number of unbranched alkanes of at least 4 members (excludes halogenated alkanes) is 3. The number of nitrogens with two attached hydrogens (primary N) is 1. The minimum atomic E-state index is 0.201. The third-order valence-electron chi connectivity index (χ3n) is 4.67. The van der Waals surface area contributed by atoms with Gasteiger partial charge in [0.1, 0.15) is 0 Å². The second-order valence-corrected chi connectivity index (χ2v) is 6.29.